The Balaban J connectivity index is 2.44. The van der Waals surface area contributed by atoms with Crippen molar-refractivity contribution in [3.8, 4) is 0 Å². The second kappa shape index (κ2) is 6.95. The zero-order valence-corrected chi connectivity index (χ0v) is 11.4. The molecule has 0 bridgehead atoms. The van der Waals surface area contributed by atoms with E-state index in [2.05, 4.69) is 34.7 Å². The summed E-state index contributed by atoms with van der Waals surface area (Å²) in [5.41, 5.74) is 0. The summed E-state index contributed by atoms with van der Waals surface area (Å²) in [7, 11) is 3.32. The highest BCUT2D eigenvalue weighted by atomic mass is 16.4. The number of carbonyl (C=O) groups is 1. The molecule has 1 aromatic heterocycles. The van der Waals surface area contributed by atoms with Crippen molar-refractivity contribution < 1.29 is 9.21 Å². The van der Waals surface area contributed by atoms with E-state index >= 15 is 0 Å². The van der Waals surface area contributed by atoms with Crippen LogP contribution >= 0.6 is 0 Å². The van der Waals surface area contributed by atoms with Crippen molar-refractivity contribution in [3.05, 3.63) is 5.89 Å². The Hall–Kier alpha value is -1.63. The van der Waals surface area contributed by atoms with Gasteiger partial charge in [0.15, 0.2) is 0 Å². The molecule has 1 rings (SSSR count). The summed E-state index contributed by atoms with van der Waals surface area (Å²) < 4.78 is 5.43. The van der Waals surface area contributed by atoms with Crippen LogP contribution in [0.15, 0.2) is 4.42 Å². The minimum absolute atomic E-state index is 0.102. The second-order valence-corrected chi connectivity index (χ2v) is 4.53. The van der Waals surface area contributed by atoms with Crippen LogP contribution in [0.25, 0.3) is 0 Å². The number of nitrogens with zero attached hydrogens (tertiary/aromatic N) is 3. The first-order valence-electron chi connectivity index (χ1n) is 5.97. The molecule has 0 radical (unpaired) electrons. The predicted molar refractivity (Wildman–Crippen MR) is 68.2 cm³/mol. The lowest BCUT2D eigenvalue weighted by Crippen LogP contribution is -2.33. The highest BCUT2D eigenvalue weighted by Gasteiger charge is 2.12. The smallest absolute Gasteiger partial charge is 0.318 e. The zero-order valence-electron chi connectivity index (χ0n) is 11.4. The van der Waals surface area contributed by atoms with Crippen molar-refractivity contribution >= 4 is 11.9 Å². The average molecular weight is 255 g/mol. The van der Waals surface area contributed by atoms with Crippen LogP contribution in [0, 0.1) is 5.92 Å². The molecule has 0 aromatic carbocycles. The lowest BCUT2D eigenvalue weighted by Gasteiger charge is -2.11. The summed E-state index contributed by atoms with van der Waals surface area (Å²) in [6, 6.07) is 0.347. The third-order valence-electron chi connectivity index (χ3n) is 2.27. The number of hydrogen-bond donors (Lipinski definition) is 2. The van der Waals surface area contributed by atoms with E-state index in [1.54, 1.807) is 19.0 Å². The van der Waals surface area contributed by atoms with Crippen molar-refractivity contribution in [1.82, 2.24) is 20.8 Å². The first-order valence-corrected chi connectivity index (χ1v) is 5.97. The molecule has 0 unspecified atom stereocenters. The van der Waals surface area contributed by atoms with Crippen LogP contribution in [0.3, 0.4) is 0 Å². The lowest BCUT2D eigenvalue weighted by molar-refractivity contribution is -0.119. The van der Waals surface area contributed by atoms with E-state index in [0.717, 1.165) is 6.54 Å². The number of nitrogens with one attached hydrogen (secondary N) is 2. The van der Waals surface area contributed by atoms with Gasteiger partial charge in [-0.3, -0.25) is 4.79 Å². The maximum Gasteiger partial charge on any atom is 0.318 e. The molecule has 0 fully saturated rings. The molecular weight excluding hydrogens is 234 g/mol. The van der Waals surface area contributed by atoms with Crippen LogP contribution in [-0.2, 0) is 11.3 Å². The fourth-order valence-corrected chi connectivity index (χ4v) is 1.30. The summed E-state index contributed by atoms with van der Waals surface area (Å²) in [6.45, 7) is 5.88. The van der Waals surface area contributed by atoms with Crippen molar-refractivity contribution in [1.29, 1.82) is 0 Å². The SMILES string of the molecule is CNC(=O)CN(C)c1nnc(CNCC(C)C)o1. The predicted octanol–water partition coefficient (Wildman–Crippen LogP) is -0.00260. The van der Waals surface area contributed by atoms with E-state index in [1.165, 1.54) is 0 Å². The van der Waals surface area contributed by atoms with Gasteiger partial charge >= 0.3 is 6.01 Å². The molecule has 1 aromatic rings. The van der Waals surface area contributed by atoms with E-state index in [4.69, 9.17) is 4.42 Å². The van der Waals surface area contributed by atoms with Crippen molar-refractivity contribution in [2.24, 2.45) is 5.92 Å². The van der Waals surface area contributed by atoms with Crippen LogP contribution in [-0.4, -0.2) is 43.3 Å². The maximum atomic E-state index is 11.2. The highest BCUT2D eigenvalue weighted by Crippen LogP contribution is 2.09. The fourth-order valence-electron chi connectivity index (χ4n) is 1.30. The van der Waals surface area contributed by atoms with E-state index in [1.807, 2.05) is 0 Å². The third kappa shape index (κ3) is 4.70. The van der Waals surface area contributed by atoms with Crippen molar-refractivity contribution in [2.45, 2.75) is 20.4 Å². The molecule has 0 spiro atoms. The molecule has 0 aliphatic heterocycles. The third-order valence-corrected chi connectivity index (χ3v) is 2.27. The standard InChI is InChI=1S/C11H21N5O2/c1-8(2)5-13-6-10-14-15-11(18-10)16(4)7-9(17)12-3/h8,13H,5-7H2,1-4H3,(H,12,17). The van der Waals surface area contributed by atoms with Gasteiger partial charge in [-0.15, -0.1) is 5.10 Å². The monoisotopic (exact) mass is 255 g/mol. The molecule has 2 N–H and O–H groups in total. The number of aromatic nitrogens is 2. The molecule has 0 atom stereocenters. The summed E-state index contributed by atoms with van der Waals surface area (Å²) in [4.78, 5) is 12.8. The van der Waals surface area contributed by atoms with Crippen LogP contribution in [0.1, 0.15) is 19.7 Å². The van der Waals surface area contributed by atoms with Gasteiger partial charge in [-0.25, -0.2) is 0 Å². The van der Waals surface area contributed by atoms with E-state index < -0.39 is 0 Å². The van der Waals surface area contributed by atoms with Gasteiger partial charge < -0.3 is 20.0 Å². The Morgan fingerprint density at radius 2 is 2.17 bits per heavy atom. The lowest BCUT2D eigenvalue weighted by atomic mass is 10.2. The van der Waals surface area contributed by atoms with Gasteiger partial charge in [0.25, 0.3) is 0 Å². The summed E-state index contributed by atoms with van der Waals surface area (Å²) in [5, 5.41) is 13.6. The fraction of sp³-hybridized carbons (Fsp3) is 0.727. The van der Waals surface area contributed by atoms with E-state index in [9.17, 15) is 4.79 Å². The number of anilines is 1. The normalized spacial score (nSPS) is 10.7. The molecule has 0 saturated carbocycles. The first kappa shape index (κ1) is 14.4. The van der Waals surface area contributed by atoms with Crippen molar-refractivity contribution in [2.75, 3.05) is 32.1 Å². The van der Waals surface area contributed by atoms with E-state index in [-0.39, 0.29) is 12.5 Å². The van der Waals surface area contributed by atoms with Crippen molar-refractivity contribution in [3.63, 3.8) is 0 Å². The highest BCUT2D eigenvalue weighted by molar-refractivity contribution is 5.80. The average Bonchev–Trinajstić information content (AvgIpc) is 2.77. The Bertz CT molecular complexity index is 377. The Labute approximate surface area is 107 Å². The Morgan fingerprint density at radius 3 is 2.78 bits per heavy atom. The molecule has 1 heterocycles. The Morgan fingerprint density at radius 1 is 1.44 bits per heavy atom. The topological polar surface area (TPSA) is 83.3 Å². The van der Waals surface area contributed by atoms with Crippen LogP contribution < -0.4 is 15.5 Å². The van der Waals surface area contributed by atoms with Crippen LogP contribution in [0.2, 0.25) is 0 Å². The summed E-state index contributed by atoms with van der Waals surface area (Å²) in [6.07, 6.45) is 0. The number of likely N-dealkylation sites (N-methyl/N-ethyl adjacent to an activating group) is 2. The molecule has 7 nitrogen and oxygen atoms in total. The summed E-state index contributed by atoms with van der Waals surface area (Å²) in [5.74, 6) is 0.993. The molecule has 18 heavy (non-hydrogen) atoms. The minimum atomic E-state index is -0.102. The van der Waals surface area contributed by atoms with Gasteiger partial charge in [0.2, 0.25) is 11.8 Å². The zero-order chi connectivity index (χ0) is 13.5. The summed E-state index contributed by atoms with van der Waals surface area (Å²) >= 11 is 0. The molecule has 102 valence electrons. The molecule has 0 saturated heterocycles. The molecule has 1 amide bonds. The molecular formula is C11H21N5O2. The maximum absolute atomic E-state index is 11.2. The number of rotatable bonds is 7. The van der Waals surface area contributed by atoms with Gasteiger partial charge in [-0.1, -0.05) is 18.9 Å². The van der Waals surface area contributed by atoms with Gasteiger partial charge in [0.05, 0.1) is 6.54 Å². The number of hydrogen-bond acceptors (Lipinski definition) is 6. The molecule has 0 aliphatic carbocycles. The number of carbonyl (C=O) groups excluding carboxylic acids is 1. The second-order valence-electron chi connectivity index (χ2n) is 4.53. The Kier molecular flexibility index (Phi) is 5.57. The van der Waals surface area contributed by atoms with Gasteiger partial charge in [-0.2, -0.15) is 0 Å². The van der Waals surface area contributed by atoms with E-state index in [0.29, 0.717) is 24.4 Å². The van der Waals surface area contributed by atoms with Gasteiger partial charge in [0, 0.05) is 14.1 Å². The first-order chi connectivity index (χ1) is 8.52. The van der Waals surface area contributed by atoms with Crippen LogP contribution in [0.5, 0.6) is 0 Å². The quantitative estimate of drug-likeness (QED) is 0.713. The van der Waals surface area contributed by atoms with Gasteiger partial charge in [0.1, 0.15) is 6.54 Å². The van der Waals surface area contributed by atoms with Crippen LogP contribution in [0.4, 0.5) is 6.01 Å². The minimum Gasteiger partial charge on any atom is -0.407 e. The molecule has 0 aliphatic rings. The number of amides is 1. The largest absolute Gasteiger partial charge is 0.407 e. The van der Waals surface area contributed by atoms with Gasteiger partial charge in [-0.05, 0) is 12.5 Å². The molecule has 7 heteroatoms.